The second-order valence-corrected chi connectivity index (χ2v) is 4.44. The number of carbonyl (C=O) groups is 1. The Morgan fingerprint density at radius 1 is 1.38 bits per heavy atom. The summed E-state index contributed by atoms with van der Waals surface area (Å²) in [5.41, 5.74) is 5.46. The van der Waals surface area contributed by atoms with Gasteiger partial charge in [-0.3, -0.25) is 4.79 Å². The van der Waals surface area contributed by atoms with Crippen LogP contribution >= 0.6 is 0 Å². The summed E-state index contributed by atoms with van der Waals surface area (Å²) in [4.78, 5) is 11.8. The van der Waals surface area contributed by atoms with E-state index in [-0.39, 0.29) is 11.3 Å². The molecule has 13 heavy (non-hydrogen) atoms. The maximum atomic E-state index is 11.8. The minimum Gasteiger partial charge on any atom is -0.353 e. The van der Waals surface area contributed by atoms with Gasteiger partial charge in [0.1, 0.15) is 0 Å². The predicted octanol–water partition coefficient (Wildman–Crippen LogP) is 0.784. The molecule has 2 saturated carbocycles. The number of carbonyl (C=O) groups excluding carboxylic acids is 1. The molecule has 0 spiro atoms. The van der Waals surface area contributed by atoms with E-state index in [2.05, 4.69) is 5.32 Å². The zero-order valence-corrected chi connectivity index (χ0v) is 8.01. The number of nitrogens with one attached hydrogen (secondary N) is 1. The van der Waals surface area contributed by atoms with Crippen LogP contribution in [0.15, 0.2) is 0 Å². The molecule has 0 aromatic rings. The van der Waals surface area contributed by atoms with Gasteiger partial charge in [-0.15, -0.1) is 0 Å². The summed E-state index contributed by atoms with van der Waals surface area (Å²) in [6.45, 7) is 0.519. The minimum absolute atomic E-state index is 0.185. The third kappa shape index (κ3) is 1.46. The van der Waals surface area contributed by atoms with Gasteiger partial charge in [-0.25, -0.2) is 0 Å². The van der Waals surface area contributed by atoms with Gasteiger partial charge in [0.2, 0.25) is 5.91 Å². The van der Waals surface area contributed by atoms with E-state index in [1.54, 1.807) is 0 Å². The fourth-order valence-corrected chi connectivity index (χ4v) is 2.02. The Kier molecular flexibility index (Phi) is 2.28. The molecule has 3 N–H and O–H groups in total. The van der Waals surface area contributed by atoms with Crippen molar-refractivity contribution in [1.82, 2.24) is 5.32 Å². The quantitative estimate of drug-likeness (QED) is 0.678. The van der Waals surface area contributed by atoms with E-state index in [9.17, 15) is 4.79 Å². The first-order valence-corrected chi connectivity index (χ1v) is 5.28. The van der Waals surface area contributed by atoms with E-state index in [4.69, 9.17) is 5.73 Å². The normalized spacial score (nSPS) is 25.9. The fraction of sp³-hybridized carbons (Fsp3) is 0.900. The zero-order chi connectivity index (χ0) is 9.31. The zero-order valence-electron chi connectivity index (χ0n) is 8.01. The van der Waals surface area contributed by atoms with E-state index in [0.29, 0.717) is 12.6 Å². The van der Waals surface area contributed by atoms with Crippen LogP contribution in [0, 0.1) is 5.41 Å². The molecule has 2 fully saturated rings. The van der Waals surface area contributed by atoms with Gasteiger partial charge in [-0.1, -0.05) is 6.42 Å². The third-order valence-corrected chi connectivity index (χ3v) is 3.62. The van der Waals surface area contributed by atoms with Gasteiger partial charge in [0.05, 0.1) is 5.41 Å². The van der Waals surface area contributed by atoms with Gasteiger partial charge < -0.3 is 11.1 Å². The van der Waals surface area contributed by atoms with Crippen LogP contribution in [-0.4, -0.2) is 18.5 Å². The highest BCUT2D eigenvalue weighted by Gasteiger charge is 2.43. The Hall–Kier alpha value is -0.570. The van der Waals surface area contributed by atoms with Crippen molar-refractivity contribution in [2.75, 3.05) is 6.54 Å². The predicted molar refractivity (Wildman–Crippen MR) is 51.1 cm³/mol. The van der Waals surface area contributed by atoms with E-state index >= 15 is 0 Å². The summed E-state index contributed by atoms with van der Waals surface area (Å²) in [5, 5.41) is 3.09. The van der Waals surface area contributed by atoms with E-state index < -0.39 is 0 Å². The second-order valence-electron chi connectivity index (χ2n) is 4.44. The Balaban J connectivity index is 1.87. The summed E-state index contributed by atoms with van der Waals surface area (Å²) < 4.78 is 0. The van der Waals surface area contributed by atoms with Gasteiger partial charge in [0.15, 0.2) is 0 Å². The maximum Gasteiger partial charge on any atom is 0.227 e. The molecule has 0 radical (unpaired) electrons. The highest BCUT2D eigenvalue weighted by Crippen LogP contribution is 2.40. The summed E-state index contributed by atoms with van der Waals surface area (Å²) in [6.07, 6.45) is 6.72. The van der Waals surface area contributed by atoms with Crippen LogP contribution in [0.4, 0.5) is 0 Å². The molecule has 0 heterocycles. The van der Waals surface area contributed by atoms with Crippen LogP contribution in [0.3, 0.4) is 0 Å². The molecule has 0 atom stereocenters. The van der Waals surface area contributed by atoms with Crippen LogP contribution in [0.1, 0.15) is 38.5 Å². The van der Waals surface area contributed by atoms with Crippen LogP contribution < -0.4 is 11.1 Å². The lowest BCUT2D eigenvalue weighted by atomic mass is 9.68. The third-order valence-electron chi connectivity index (χ3n) is 3.62. The molecule has 2 aliphatic rings. The first kappa shape index (κ1) is 9.00. The van der Waals surface area contributed by atoms with Crippen molar-refractivity contribution < 1.29 is 4.79 Å². The standard InChI is InChI=1S/C10H18N2O/c11-7-10(5-2-6-10)9(13)12-8-3-1-4-8/h8H,1-7,11H2,(H,12,13). The summed E-state index contributed by atoms with van der Waals surface area (Å²) in [5.74, 6) is 0.214. The highest BCUT2D eigenvalue weighted by atomic mass is 16.2. The van der Waals surface area contributed by atoms with Crippen molar-refractivity contribution in [3.63, 3.8) is 0 Å². The lowest BCUT2D eigenvalue weighted by Crippen LogP contribution is -2.54. The first-order valence-electron chi connectivity index (χ1n) is 5.28. The molecule has 0 aromatic heterocycles. The Bertz CT molecular complexity index is 201. The van der Waals surface area contributed by atoms with Crippen LogP contribution in [-0.2, 0) is 4.79 Å². The molecule has 0 bridgehead atoms. The van der Waals surface area contributed by atoms with E-state index in [1.165, 1.54) is 6.42 Å². The smallest absolute Gasteiger partial charge is 0.227 e. The average molecular weight is 182 g/mol. The van der Waals surface area contributed by atoms with Crippen LogP contribution in [0.5, 0.6) is 0 Å². The minimum atomic E-state index is -0.185. The molecule has 3 nitrogen and oxygen atoms in total. The van der Waals surface area contributed by atoms with E-state index in [0.717, 1.165) is 32.1 Å². The average Bonchev–Trinajstić information content (AvgIpc) is 1.96. The van der Waals surface area contributed by atoms with Crippen molar-refractivity contribution in [2.45, 2.75) is 44.6 Å². The molecule has 0 aromatic carbocycles. The number of hydrogen-bond acceptors (Lipinski definition) is 2. The summed E-state index contributed by atoms with van der Waals surface area (Å²) >= 11 is 0. The number of hydrogen-bond donors (Lipinski definition) is 2. The molecule has 0 unspecified atom stereocenters. The molecule has 0 aliphatic heterocycles. The van der Waals surface area contributed by atoms with Gasteiger partial charge in [0, 0.05) is 12.6 Å². The van der Waals surface area contributed by atoms with Gasteiger partial charge >= 0.3 is 0 Å². The van der Waals surface area contributed by atoms with Gasteiger partial charge in [-0.2, -0.15) is 0 Å². The Morgan fingerprint density at radius 2 is 2.08 bits per heavy atom. The molecule has 2 rings (SSSR count). The van der Waals surface area contributed by atoms with Crippen molar-refractivity contribution in [3.8, 4) is 0 Å². The topological polar surface area (TPSA) is 55.1 Å². The van der Waals surface area contributed by atoms with Crippen molar-refractivity contribution in [2.24, 2.45) is 11.1 Å². The molecular weight excluding hydrogens is 164 g/mol. The molecule has 3 heteroatoms. The second kappa shape index (κ2) is 3.29. The Morgan fingerprint density at radius 3 is 2.38 bits per heavy atom. The van der Waals surface area contributed by atoms with Crippen LogP contribution in [0.2, 0.25) is 0 Å². The lowest BCUT2D eigenvalue weighted by Gasteiger charge is -2.41. The van der Waals surface area contributed by atoms with Crippen molar-refractivity contribution >= 4 is 5.91 Å². The monoisotopic (exact) mass is 182 g/mol. The summed E-state index contributed by atoms with van der Waals surface area (Å²) in [6, 6.07) is 0.455. The number of nitrogens with two attached hydrogens (primary N) is 1. The molecule has 74 valence electrons. The maximum absolute atomic E-state index is 11.8. The Labute approximate surface area is 79.1 Å². The molecular formula is C10H18N2O. The van der Waals surface area contributed by atoms with Gasteiger partial charge in [0.25, 0.3) is 0 Å². The molecule has 1 amide bonds. The highest BCUT2D eigenvalue weighted by molar-refractivity contribution is 5.84. The lowest BCUT2D eigenvalue weighted by molar-refractivity contribution is -0.136. The van der Waals surface area contributed by atoms with E-state index in [1.807, 2.05) is 0 Å². The molecule has 0 saturated heterocycles. The van der Waals surface area contributed by atoms with Crippen molar-refractivity contribution in [3.05, 3.63) is 0 Å². The first-order chi connectivity index (χ1) is 6.27. The van der Waals surface area contributed by atoms with Crippen molar-refractivity contribution in [1.29, 1.82) is 0 Å². The number of amides is 1. The summed E-state index contributed by atoms with van der Waals surface area (Å²) in [7, 11) is 0. The van der Waals surface area contributed by atoms with Crippen LogP contribution in [0.25, 0.3) is 0 Å². The largest absolute Gasteiger partial charge is 0.353 e. The fourth-order valence-electron chi connectivity index (χ4n) is 2.02. The van der Waals surface area contributed by atoms with Gasteiger partial charge in [-0.05, 0) is 32.1 Å². The molecule has 2 aliphatic carbocycles. The SMILES string of the molecule is NCC1(C(=O)NC2CCC2)CCC1. The number of rotatable bonds is 3.